The standard InChI is InChI=1S/C14H19NO5/c1-14(2,3)20-13(19)15-8-10-6-11(16)5-4-9(10)7-12(17)18/h4-6,16H,7-8H2,1-3H3,(H,15,19)(H,17,18). The van der Waals surface area contributed by atoms with Gasteiger partial charge in [0.15, 0.2) is 0 Å². The largest absolute Gasteiger partial charge is 0.508 e. The number of ether oxygens (including phenoxy) is 1. The van der Waals surface area contributed by atoms with Crippen molar-refractivity contribution < 1.29 is 24.5 Å². The van der Waals surface area contributed by atoms with Crippen molar-refractivity contribution in [3.8, 4) is 5.75 Å². The summed E-state index contributed by atoms with van der Waals surface area (Å²) in [7, 11) is 0. The van der Waals surface area contributed by atoms with Gasteiger partial charge in [-0.05, 0) is 44.0 Å². The van der Waals surface area contributed by atoms with Crippen molar-refractivity contribution >= 4 is 12.1 Å². The number of phenolic OH excluding ortho intramolecular Hbond substituents is 1. The SMILES string of the molecule is CC(C)(C)OC(=O)NCc1cc(O)ccc1CC(=O)O. The maximum atomic E-state index is 11.5. The van der Waals surface area contributed by atoms with E-state index in [-0.39, 0.29) is 18.7 Å². The molecule has 6 heteroatoms. The van der Waals surface area contributed by atoms with Gasteiger partial charge in [0, 0.05) is 6.54 Å². The number of carbonyl (C=O) groups is 2. The fraction of sp³-hybridized carbons (Fsp3) is 0.429. The number of carboxylic acid groups (broad SMARTS) is 1. The van der Waals surface area contributed by atoms with Crippen molar-refractivity contribution in [3.05, 3.63) is 29.3 Å². The van der Waals surface area contributed by atoms with Crippen molar-refractivity contribution in [3.63, 3.8) is 0 Å². The lowest BCUT2D eigenvalue weighted by Crippen LogP contribution is -2.32. The van der Waals surface area contributed by atoms with Crippen LogP contribution in [0.4, 0.5) is 4.79 Å². The minimum Gasteiger partial charge on any atom is -0.508 e. The molecule has 6 nitrogen and oxygen atoms in total. The van der Waals surface area contributed by atoms with Crippen LogP contribution in [0.3, 0.4) is 0 Å². The summed E-state index contributed by atoms with van der Waals surface area (Å²) in [4.78, 5) is 22.3. The molecule has 1 aromatic rings. The Balaban J connectivity index is 2.73. The van der Waals surface area contributed by atoms with Crippen molar-refractivity contribution in [2.24, 2.45) is 0 Å². The van der Waals surface area contributed by atoms with Crippen molar-refractivity contribution in [1.82, 2.24) is 5.32 Å². The summed E-state index contributed by atoms with van der Waals surface area (Å²) in [5, 5.41) is 20.8. The van der Waals surface area contributed by atoms with Crippen molar-refractivity contribution in [1.29, 1.82) is 0 Å². The van der Waals surface area contributed by atoms with E-state index < -0.39 is 17.7 Å². The summed E-state index contributed by atoms with van der Waals surface area (Å²) in [6.07, 6.45) is -0.770. The van der Waals surface area contributed by atoms with E-state index >= 15 is 0 Å². The zero-order chi connectivity index (χ0) is 15.3. The molecular weight excluding hydrogens is 262 g/mol. The van der Waals surface area contributed by atoms with Gasteiger partial charge in [-0.2, -0.15) is 0 Å². The van der Waals surface area contributed by atoms with E-state index in [1.807, 2.05) is 0 Å². The average molecular weight is 281 g/mol. The number of benzene rings is 1. The Morgan fingerprint density at radius 2 is 1.90 bits per heavy atom. The first-order valence-electron chi connectivity index (χ1n) is 6.17. The van der Waals surface area contributed by atoms with Gasteiger partial charge in [-0.15, -0.1) is 0 Å². The highest BCUT2D eigenvalue weighted by Crippen LogP contribution is 2.17. The van der Waals surface area contributed by atoms with Gasteiger partial charge in [-0.1, -0.05) is 6.07 Å². The highest BCUT2D eigenvalue weighted by atomic mass is 16.6. The Labute approximate surface area is 117 Å². The molecule has 0 fully saturated rings. The topological polar surface area (TPSA) is 95.9 Å². The number of nitrogens with one attached hydrogen (secondary N) is 1. The van der Waals surface area contributed by atoms with Crippen LogP contribution in [0.2, 0.25) is 0 Å². The molecule has 0 saturated carbocycles. The van der Waals surface area contributed by atoms with Gasteiger partial charge < -0.3 is 20.3 Å². The molecule has 0 saturated heterocycles. The summed E-state index contributed by atoms with van der Waals surface area (Å²) in [6, 6.07) is 4.36. The normalized spacial score (nSPS) is 10.9. The van der Waals surface area contributed by atoms with Gasteiger partial charge in [0.2, 0.25) is 0 Å². The maximum Gasteiger partial charge on any atom is 0.407 e. The molecule has 1 amide bonds. The highest BCUT2D eigenvalue weighted by molar-refractivity contribution is 5.71. The van der Waals surface area contributed by atoms with Crippen LogP contribution in [0.5, 0.6) is 5.75 Å². The molecule has 3 N–H and O–H groups in total. The van der Waals surface area contributed by atoms with E-state index in [9.17, 15) is 14.7 Å². The lowest BCUT2D eigenvalue weighted by atomic mass is 10.0. The second kappa shape index (κ2) is 6.27. The van der Waals surface area contributed by atoms with E-state index in [1.54, 1.807) is 20.8 Å². The van der Waals surface area contributed by atoms with Crippen molar-refractivity contribution in [2.75, 3.05) is 0 Å². The summed E-state index contributed by atoms with van der Waals surface area (Å²) in [5.74, 6) is -0.964. The van der Waals surface area contributed by atoms with Crippen LogP contribution in [-0.4, -0.2) is 27.9 Å². The number of rotatable bonds is 4. The van der Waals surface area contributed by atoms with Gasteiger partial charge >= 0.3 is 12.1 Å². The minimum atomic E-state index is -0.978. The zero-order valence-corrected chi connectivity index (χ0v) is 11.8. The first-order valence-corrected chi connectivity index (χ1v) is 6.17. The second-order valence-corrected chi connectivity index (χ2v) is 5.38. The maximum absolute atomic E-state index is 11.5. The van der Waals surface area contributed by atoms with Crippen LogP contribution in [-0.2, 0) is 22.5 Å². The molecule has 0 bridgehead atoms. The van der Waals surface area contributed by atoms with E-state index in [4.69, 9.17) is 9.84 Å². The quantitative estimate of drug-likeness (QED) is 0.785. The van der Waals surface area contributed by atoms with Crippen molar-refractivity contribution in [2.45, 2.75) is 39.3 Å². The van der Waals surface area contributed by atoms with E-state index in [1.165, 1.54) is 18.2 Å². The van der Waals surface area contributed by atoms with Crippen LogP contribution in [0, 0.1) is 0 Å². The monoisotopic (exact) mass is 281 g/mol. The molecule has 20 heavy (non-hydrogen) atoms. The van der Waals surface area contributed by atoms with E-state index in [0.29, 0.717) is 11.1 Å². The Hall–Kier alpha value is -2.24. The molecule has 0 atom stereocenters. The molecule has 0 aliphatic heterocycles. The second-order valence-electron chi connectivity index (χ2n) is 5.38. The number of alkyl carbamates (subject to hydrolysis) is 1. The number of carbonyl (C=O) groups excluding carboxylic acids is 1. The first-order chi connectivity index (χ1) is 9.17. The molecule has 0 spiro atoms. The zero-order valence-electron chi connectivity index (χ0n) is 11.8. The Morgan fingerprint density at radius 1 is 1.25 bits per heavy atom. The number of phenols is 1. The number of hydrogen-bond donors (Lipinski definition) is 3. The molecule has 0 heterocycles. The predicted octanol–water partition coefficient (Wildman–Crippen LogP) is 2.04. The molecule has 0 radical (unpaired) electrons. The number of hydrogen-bond acceptors (Lipinski definition) is 4. The van der Waals surface area contributed by atoms with Crippen LogP contribution < -0.4 is 5.32 Å². The van der Waals surface area contributed by atoms with E-state index in [0.717, 1.165) is 0 Å². The molecule has 110 valence electrons. The molecule has 0 aliphatic carbocycles. The highest BCUT2D eigenvalue weighted by Gasteiger charge is 2.16. The first kappa shape index (κ1) is 15.8. The smallest absolute Gasteiger partial charge is 0.407 e. The lowest BCUT2D eigenvalue weighted by molar-refractivity contribution is -0.136. The number of aliphatic carboxylic acids is 1. The Morgan fingerprint density at radius 3 is 2.45 bits per heavy atom. The van der Waals surface area contributed by atoms with E-state index in [2.05, 4.69) is 5.32 Å². The van der Waals surface area contributed by atoms with Gasteiger partial charge in [0.1, 0.15) is 11.4 Å². The van der Waals surface area contributed by atoms with Crippen LogP contribution >= 0.6 is 0 Å². The molecule has 0 unspecified atom stereocenters. The predicted molar refractivity (Wildman–Crippen MR) is 72.5 cm³/mol. The third kappa shape index (κ3) is 5.60. The average Bonchev–Trinajstić information content (AvgIpc) is 2.26. The minimum absolute atomic E-state index is 0.0140. The number of aromatic hydroxyl groups is 1. The third-order valence-electron chi connectivity index (χ3n) is 2.35. The molecule has 1 aromatic carbocycles. The molecule has 0 aromatic heterocycles. The number of carboxylic acids is 1. The fourth-order valence-electron chi connectivity index (χ4n) is 1.59. The van der Waals surface area contributed by atoms with Gasteiger partial charge in [-0.25, -0.2) is 4.79 Å². The molecule has 0 aliphatic rings. The summed E-state index contributed by atoms with van der Waals surface area (Å²) >= 11 is 0. The fourth-order valence-corrected chi connectivity index (χ4v) is 1.59. The lowest BCUT2D eigenvalue weighted by Gasteiger charge is -2.20. The third-order valence-corrected chi connectivity index (χ3v) is 2.35. The molecule has 1 rings (SSSR count). The van der Waals surface area contributed by atoms with Crippen LogP contribution in [0.15, 0.2) is 18.2 Å². The number of amides is 1. The van der Waals surface area contributed by atoms with Gasteiger partial charge in [-0.3, -0.25) is 4.79 Å². The van der Waals surface area contributed by atoms with Gasteiger partial charge in [0.25, 0.3) is 0 Å². The van der Waals surface area contributed by atoms with Crippen LogP contribution in [0.25, 0.3) is 0 Å². The summed E-state index contributed by atoms with van der Waals surface area (Å²) in [6.45, 7) is 5.33. The Kier molecular flexibility index (Phi) is 4.96. The summed E-state index contributed by atoms with van der Waals surface area (Å²) in [5.41, 5.74) is 0.469. The van der Waals surface area contributed by atoms with Crippen LogP contribution in [0.1, 0.15) is 31.9 Å². The molecular formula is C14H19NO5. The Bertz CT molecular complexity index is 505. The summed E-state index contributed by atoms with van der Waals surface area (Å²) < 4.78 is 5.08. The van der Waals surface area contributed by atoms with Gasteiger partial charge in [0.05, 0.1) is 6.42 Å².